The van der Waals surface area contributed by atoms with Crippen molar-refractivity contribution in [1.29, 1.82) is 0 Å². The largest absolute Gasteiger partial charge is 0.354 e. The molecule has 1 aromatic rings. The normalized spacial score (nSPS) is 21.3. The summed E-state index contributed by atoms with van der Waals surface area (Å²) in [4.78, 5) is 13.2. The second-order valence-electron chi connectivity index (χ2n) is 7.05. The maximum Gasteiger partial charge on any atom is 0.252 e. The number of carbonyl (C=O) groups is 1. The topological polar surface area (TPSA) is 92.5 Å². The van der Waals surface area contributed by atoms with Crippen LogP contribution in [-0.4, -0.2) is 43.8 Å². The van der Waals surface area contributed by atoms with E-state index in [0.29, 0.717) is 30.3 Å². The molecule has 1 saturated carbocycles. The van der Waals surface area contributed by atoms with E-state index in [9.17, 15) is 13.2 Å². The summed E-state index contributed by atoms with van der Waals surface area (Å²) in [6.45, 7) is 1.72. The number of rotatable bonds is 6. The molecule has 0 unspecified atom stereocenters. The van der Waals surface area contributed by atoms with Gasteiger partial charge in [0.2, 0.25) is 5.91 Å². The molecular weight excluding hydrogens is 358 g/mol. The van der Waals surface area contributed by atoms with Gasteiger partial charge >= 0.3 is 0 Å². The van der Waals surface area contributed by atoms with Crippen LogP contribution < -0.4 is 11.1 Å². The van der Waals surface area contributed by atoms with Crippen LogP contribution in [0.15, 0.2) is 16.3 Å². The number of hydrogen-bond acceptors (Lipinski definition) is 5. The molecular formula is C17H27N3O3S2. The molecule has 3 N–H and O–H groups in total. The van der Waals surface area contributed by atoms with E-state index < -0.39 is 15.6 Å². The minimum absolute atomic E-state index is 0.0808. The summed E-state index contributed by atoms with van der Waals surface area (Å²) < 4.78 is 27.3. The van der Waals surface area contributed by atoms with E-state index in [4.69, 9.17) is 5.73 Å². The van der Waals surface area contributed by atoms with Crippen molar-refractivity contribution in [2.75, 3.05) is 19.6 Å². The van der Waals surface area contributed by atoms with Crippen LogP contribution in [-0.2, 0) is 21.2 Å². The molecule has 0 radical (unpaired) electrons. The summed E-state index contributed by atoms with van der Waals surface area (Å²) in [6, 6.07) is 3.54. The first kappa shape index (κ1) is 18.8. The molecule has 25 heavy (non-hydrogen) atoms. The van der Waals surface area contributed by atoms with Gasteiger partial charge in [-0.05, 0) is 44.2 Å². The van der Waals surface area contributed by atoms with Crippen molar-refractivity contribution in [2.45, 2.75) is 61.1 Å². The fourth-order valence-corrected chi connectivity index (χ4v) is 6.60. The minimum atomic E-state index is -3.36. The number of thiophene rings is 1. The molecule has 0 bridgehead atoms. The molecule has 6 nitrogen and oxygen atoms in total. The van der Waals surface area contributed by atoms with Crippen molar-refractivity contribution in [2.24, 2.45) is 5.73 Å². The molecule has 0 aromatic carbocycles. The number of sulfonamides is 1. The van der Waals surface area contributed by atoms with Gasteiger partial charge in [-0.3, -0.25) is 4.79 Å². The fourth-order valence-electron chi connectivity index (χ4n) is 3.57. The maximum absolute atomic E-state index is 12.6. The van der Waals surface area contributed by atoms with Crippen molar-refractivity contribution >= 4 is 27.3 Å². The first-order chi connectivity index (χ1) is 11.9. The van der Waals surface area contributed by atoms with Gasteiger partial charge in [0.15, 0.2) is 0 Å². The molecule has 140 valence electrons. The first-order valence-corrected chi connectivity index (χ1v) is 11.3. The lowest BCUT2D eigenvalue weighted by Crippen LogP contribution is -2.52. The molecule has 0 spiro atoms. The third kappa shape index (κ3) is 4.24. The molecule has 3 rings (SSSR count). The lowest BCUT2D eigenvalue weighted by atomic mass is 9.98. The molecule has 2 heterocycles. The second kappa shape index (κ2) is 7.73. The SMILES string of the molecule is NC1(C(=O)NCCc2ccc(S(=O)(=O)N3CCCCC3)s2)CCCC1. The first-order valence-electron chi connectivity index (χ1n) is 9.08. The highest BCUT2D eigenvalue weighted by atomic mass is 32.2. The maximum atomic E-state index is 12.6. The standard InChI is InChI=1S/C17H27N3O3S2/c18-17(9-2-3-10-17)16(21)19-11-8-14-6-7-15(24-14)25(22,23)20-12-4-1-5-13-20/h6-7H,1-5,8-13,18H2,(H,19,21). The van der Waals surface area contributed by atoms with Crippen molar-refractivity contribution in [3.63, 3.8) is 0 Å². The Kier molecular flexibility index (Phi) is 5.82. The van der Waals surface area contributed by atoms with Crippen LogP contribution in [0.3, 0.4) is 0 Å². The molecule has 1 aromatic heterocycles. The summed E-state index contributed by atoms with van der Waals surface area (Å²) in [6.07, 6.45) is 7.10. The molecule has 2 aliphatic rings. The molecule has 1 amide bonds. The second-order valence-corrected chi connectivity index (χ2v) is 10.4. The van der Waals surface area contributed by atoms with Crippen LogP contribution in [0.5, 0.6) is 0 Å². The zero-order chi connectivity index (χ0) is 17.9. The number of hydrogen-bond donors (Lipinski definition) is 2. The Morgan fingerprint density at radius 1 is 1.16 bits per heavy atom. The minimum Gasteiger partial charge on any atom is -0.354 e. The lowest BCUT2D eigenvalue weighted by Gasteiger charge is -2.25. The summed E-state index contributed by atoms with van der Waals surface area (Å²) >= 11 is 1.30. The quantitative estimate of drug-likeness (QED) is 0.782. The number of nitrogens with one attached hydrogen (secondary N) is 1. The summed E-state index contributed by atoms with van der Waals surface area (Å²) in [5.74, 6) is -0.0808. The third-order valence-corrected chi connectivity index (χ3v) is 8.66. The van der Waals surface area contributed by atoms with Gasteiger partial charge in [0.25, 0.3) is 10.0 Å². The van der Waals surface area contributed by atoms with Crippen molar-refractivity contribution in [3.8, 4) is 0 Å². The van der Waals surface area contributed by atoms with E-state index in [1.807, 2.05) is 6.07 Å². The summed E-state index contributed by atoms with van der Waals surface area (Å²) in [7, 11) is -3.36. The van der Waals surface area contributed by atoms with Gasteiger partial charge in [-0.25, -0.2) is 8.42 Å². The average Bonchev–Trinajstić information content (AvgIpc) is 3.26. The molecule has 8 heteroatoms. The monoisotopic (exact) mass is 385 g/mol. The summed E-state index contributed by atoms with van der Waals surface area (Å²) in [5, 5.41) is 2.91. The van der Waals surface area contributed by atoms with Gasteiger partial charge < -0.3 is 11.1 Å². The van der Waals surface area contributed by atoms with Crippen molar-refractivity contribution in [1.82, 2.24) is 9.62 Å². The molecule has 1 aliphatic heterocycles. The van der Waals surface area contributed by atoms with Gasteiger partial charge in [-0.1, -0.05) is 19.3 Å². The Hall–Kier alpha value is -0.960. The van der Waals surface area contributed by atoms with Crippen LogP contribution in [0.2, 0.25) is 0 Å². The van der Waals surface area contributed by atoms with Gasteiger partial charge in [0, 0.05) is 24.5 Å². The van der Waals surface area contributed by atoms with Crippen LogP contribution in [0.4, 0.5) is 0 Å². The zero-order valence-electron chi connectivity index (χ0n) is 14.5. The van der Waals surface area contributed by atoms with Crippen LogP contribution in [0.1, 0.15) is 49.8 Å². The Bertz CT molecular complexity index is 702. The summed E-state index contributed by atoms with van der Waals surface area (Å²) in [5.41, 5.74) is 5.42. The highest BCUT2D eigenvalue weighted by Gasteiger charge is 2.36. The highest BCUT2D eigenvalue weighted by molar-refractivity contribution is 7.91. The van der Waals surface area contributed by atoms with E-state index in [1.165, 1.54) is 11.3 Å². The number of nitrogens with zero attached hydrogens (tertiary/aromatic N) is 1. The molecule has 2 fully saturated rings. The Balaban J connectivity index is 1.54. The highest BCUT2D eigenvalue weighted by Crippen LogP contribution is 2.28. The number of amides is 1. The molecule has 1 aliphatic carbocycles. The van der Waals surface area contributed by atoms with E-state index in [2.05, 4.69) is 5.32 Å². The van der Waals surface area contributed by atoms with Crippen molar-refractivity contribution < 1.29 is 13.2 Å². The van der Waals surface area contributed by atoms with Crippen LogP contribution >= 0.6 is 11.3 Å². The third-order valence-electron chi connectivity index (χ3n) is 5.15. The smallest absolute Gasteiger partial charge is 0.252 e. The number of piperidine rings is 1. The number of nitrogens with two attached hydrogens (primary N) is 1. The van der Waals surface area contributed by atoms with E-state index in [1.54, 1.807) is 10.4 Å². The van der Waals surface area contributed by atoms with Gasteiger partial charge in [-0.15, -0.1) is 11.3 Å². The van der Waals surface area contributed by atoms with Gasteiger partial charge in [-0.2, -0.15) is 4.31 Å². The fraction of sp³-hybridized carbons (Fsp3) is 0.706. The predicted molar refractivity (Wildman–Crippen MR) is 99.0 cm³/mol. The van der Waals surface area contributed by atoms with Crippen molar-refractivity contribution in [3.05, 3.63) is 17.0 Å². The average molecular weight is 386 g/mol. The Morgan fingerprint density at radius 3 is 2.52 bits per heavy atom. The molecule has 1 saturated heterocycles. The van der Waals surface area contributed by atoms with Gasteiger partial charge in [0.05, 0.1) is 5.54 Å². The van der Waals surface area contributed by atoms with Crippen LogP contribution in [0, 0.1) is 0 Å². The van der Waals surface area contributed by atoms with E-state index in [0.717, 1.165) is 49.8 Å². The van der Waals surface area contributed by atoms with E-state index in [-0.39, 0.29) is 5.91 Å². The zero-order valence-corrected chi connectivity index (χ0v) is 16.1. The van der Waals surface area contributed by atoms with E-state index >= 15 is 0 Å². The molecule has 0 atom stereocenters. The lowest BCUT2D eigenvalue weighted by molar-refractivity contribution is -0.126. The number of carbonyl (C=O) groups excluding carboxylic acids is 1. The Labute approximate surface area is 153 Å². The van der Waals surface area contributed by atoms with Crippen LogP contribution in [0.25, 0.3) is 0 Å². The Morgan fingerprint density at radius 2 is 1.84 bits per heavy atom. The predicted octanol–water partition coefficient (Wildman–Crippen LogP) is 1.85. The van der Waals surface area contributed by atoms with Gasteiger partial charge in [0.1, 0.15) is 4.21 Å².